The minimum Gasteiger partial charge on any atom is -0.310 e. The zero-order valence-electron chi connectivity index (χ0n) is 12.7. The summed E-state index contributed by atoms with van der Waals surface area (Å²) >= 11 is 0. The van der Waals surface area contributed by atoms with E-state index in [-0.39, 0.29) is 18.1 Å². The molecule has 2 N–H and O–H groups in total. The summed E-state index contributed by atoms with van der Waals surface area (Å²) < 4.78 is 0. The van der Waals surface area contributed by atoms with Gasteiger partial charge in [-0.25, -0.2) is 10.5 Å². The summed E-state index contributed by atoms with van der Waals surface area (Å²) in [5.41, 5.74) is 2.91. The van der Waals surface area contributed by atoms with Gasteiger partial charge in [0.15, 0.2) is 0 Å². The highest BCUT2D eigenvalue weighted by Crippen LogP contribution is 2.08. The van der Waals surface area contributed by atoms with Gasteiger partial charge in [0.1, 0.15) is 18.0 Å². The summed E-state index contributed by atoms with van der Waals surface area (Å²) in [7, 11) is 0. The van der Waals surface area contributed by atoms with Crippen LogP contribution in [0.1, 0.15) is 47.2 Å². The fourth-order valence-electron chi connectivity index (χ4n) is 1.87. The maximum Gasteiger partial charge on any atom is 0.282 e. The summed E-state index contributed by atoms with van der Waals surface area (Å²) in [6.07, 6.45) is 3.27. The molecular formula is C15H18N4O3. The number of hydrogen-bond acceptors (Lipinski definition) is 5. The molecule has 0 aliphatic carbocycles. The first-order valence-electron chi connectivity index (χ1n) is 6.91. The van der Waals surface area contributed by atoms with Crippen LogP contribution in [-0.4, -0.2) is 20.9 Å². The van der Waals surface area contributed by atoms with Crippen LogP contribution < -0.4 is 11.0 Å². The average Bonchev–Trinajstić information content (AvgIpc) is 2.47. The van der Waals surface area contributed by atoms with E-state index in [0.29, 0.717) is 11.5 Å². The molecule has 0 saturated carbocycles. The molecule has 0 spiro atoms. The molecule has 2 rings (SSSR count). The summed E-state index contributed by atoms with van der Waals surface area (Å²) in [6, 6.07) is 3.58. The summed E-state index contributed by atoms with van der Waals surface area (Å²) in [4.78, 5) is 40.0. The number of hydrogen-bond donors (Lipinski definition) is 2. The van der Waals surface area contributed by atoms with Crippen LogP contribution in [0.4, 0.5) is 0 Å². The zero-order valence-corrected chi connectivity index (χ0v) is 12.7. The lowest BCUT2D eigenvalue weighted by Gasteiger charge is -2.09. The van der Waals surface area contributed by atoms with Crippen LogP contribution in [0.3, 0.4) is 0 Å². The van der Waals surface area contributed by atoms with Gasteiger partial charge in [0.05, 0.1) is 5.69 Å². The molecule has 0 saturated heterocycles. The van der Waals surface area contributed by atoms with Crippen LogP contribution in [0, 0.1) is 6.92 Å². The van der Waals surface area contributed by atoms with Crippen molar-refractivity contribution >= 4 is 5.91 Å². The molecule has 0 aliphatic heterocycles. The lowest BCUT2D eigenvalue weighted by molar-refractivity contribution is 0.0230. The van der Waals surface area contributed by atoms with Gasteiger partial charge in [-0.2, -0.15) is 0 Å². The molecule has 2 aromatic rings. The first-order chi connectivity index (χ1) is 10.5. The largest absolute Gasteiger partial charge is 0.310 e. The Morgan fingerprint density at radius 3 is 2.82 bits per heavy atom. The third-order valence-electron chi connectivity index (χ3n) is 3.02. The molecule has 7 heteroatoms. The van der Waals surface area contributed by atoms with Crippen molar-refractivity contribution in [3.05, 3.63) is 57.5 Å². The molecule has 0 bridgehead atoms. The molecule has 22 heavy (non-hydrogen) atoms. The van der Waals surface area contributed by atoms with Crippen LogP contribution in [-0.2, 0) is 11.4 Å². The second kappa shape index (κ2) is 6.95. The second-order valence-corrected chi connectivity index (χ2v) is 5.15. The Morgan fingerprint density at radius 1 is 1.45 bits per heavy atom. The molecule has 0 unspecified atom stereocenters. The molecule has 2 aromatic heterocycles. The number of aryl methyl sites for hydroxylation is 1. The standard InChI is InChI=1S/C15H18N4O3/c1-9(2)13-17-10(3)12(14(20)18-13)15(21)19-22-8-11-5-4-6-16-7-11/h4-7,9H,8H2,1-3H3,(H,19,21)(H,17,18,20). The van der Waals surface area contributed by atoms with Crippen LogP contribution >= 0.6 is 0 Å². The molecular weight excluding hydrogens is 284 g/mol. The molecule has 7 nitrogen and oxygen atoms in total. The van der Waals surface area contributed by atoms with Gasteiger partial charge in [0.25, 0.3) is 11.5 Å². The van der Waals surface area contributed by atoms with Gasteiger partial charge in [-0.1, -0.05) is 19.9 Å². The van der Waals surface area contributed by atoms with Gasteiger partial charge in [0.2, 0.25) is 0 Å². The lowest BCUT2D eigenvalue weighted by Crippen LogP contribution is -2.32. The number of aromatic amines is 1. The van der Waals surface area contributed by atoms with E-state index in [9.17, 15) is 9.59 Å². The Kier molecular flexibility index (Phi) is 5.00. The van der Waals surface area contributed by atoms with Crippen LogP contribution in [0.5, 0.6) is 0 Å². The number of H-pyrrole nitrogens is 1. The van der Waals surface area contributed by atoms with Crippen LogP contribution in [0.2, 0.25) is 0 Å². The molecule has 116 valence electrons. The van der Waals surface area contributed by atoms with E-state index < -0.39 is 11.5 Å². The van der Waals surface area contributed by atoms with Gasteiger partial charge >= 0.3 is 0 Å². The Hall–Kier alpha value is -2.54. The Balaban J connectivity index is 2.05. The first-order valence-corrected chi connectivity index (χ1v) is 6.91. The molecule has 2 heterocycles. The third-order valence-corrected chi connectivity index (χ3v) is 3.02. The summed E-state index contributed by atoms with van der Waals surface area (Å²) in [5, 5.41) is 0. The van der Waals surface area contributed by atoms with E-state index in [2.05, 4.69) is 20.4 Å². The topological polar surface area (TPSA) is 97.0 Å². The van der Waals surface area contributed by atoms with Gasteiger partial charge in [-0.15, -0.1) is 0 Å². The van der Waals surface area contributed by atoms with E-state index >= 15 is 0 Å². The Labute approximate surface area is 127 Å². The van der Waals surface area contributed by atoms with E-state index in [1.165, 1.54) is 0 Å². The van der Waals surface area contributed by atoms with Gasteiger partial charge < -0.3 is 4.98 Å². The van der Waals surface area contributed by atoms with Gasteiger partial charge in [-0.05, 0) is 18.6 Å². The maximum atomic E-state index is 12.0. The van der Waals surface area contributed by atoms with Crippen molar-refractivity contribution in [2.75, 3.05) is 0 Å². The maximum absolute atomic E-state index is 12.0. The fraction of sp³-hybridized carbons (Fsp3) is 0.333. The van der Waals surface area contributed by atoms with E-state index in [1.807, 2.05) is 19.9 Å². The fourth-order valence-corrected chi connectivity index (χ4v) is 1.87. The smallest absolute Gasteiger partial charge is 0.282 e. The van der Waals surface area contributed by atoms with Crippen LogP contribution in [0.15, 0.2) is 29.3 Å². The van der Waals surface area contributed by atoms with Crippen molar-refractivity contribution in [2.45, 2.75) is 33.3 Å². The average molecular weight is 302 g/mol. The van der Waals surface area contributed by atoms with Crippen molar-refractivity contribution in [3.63, 3.8) is 0 Å². The lowest BCUT2D eigenvalue weighted by atomic mass is 10.1. The number of carbonyl (C=O) groups is 1. The number of pyridine rings is 1. The number of amides is 1. The van der Waals surface area contributed by atoms with E-state index in [1.54, 1.807) is 25.4 Å². The van der Waals surface area contributed by atoms with Crippen molar-refractivity contribution in [1.29, 1.82) is 0 Å². The minimum atomic E-state index is -0.620. The van der Waals surface area contributed by atoms with Crippen molar-refractivity contribution in [2.24, 2.45) is 0 Å². The van der Waals surface area contributed by atoms with E-state index in [4.69, 9.17) is 4.84 Å². The van der Waals surface area contributed by atoms with Crippen LogP contribution in [0.25, 0.3) is 0 Å². The van der Waals surface area contributed by atoms with Gasteiger partial charge in [-0.3, -0.25) is 19.4 Å². The number of nitrogens with zero attached hydrogens (tertiary/aromatic N) is 2. The molecule has 0 fully saturated rings. The molecule has 0 radical (unpaired) electrons. The SMILES string of the molecule is Cc1nc(C(C)C)[nH]c(=O)c1C(=O)NOCc1cccnc1. The minimum absolute atomic E-state index is 0.0458. The highest BCUT2D eigenvalue weighted by molar-refractivity contribution is 5.94. The Bertz CT molecular complexity index is 710. The predicted octanol–water partition coefficient (Wildman–Crippen LogP) is 1.46. The number of rotatable bonds is 5. The second-order valence-electron chi connectivity index (χ2n) is 5.15. The highest BCUT2D eigenvalue weighted by atomic mass is 16.6. The normalized spacial score (nSPS) is 10.7. The molecule has 0 aliphatic rings. The van der Waals surface area contributed by atoms with Gasteiger partial charge in [0, 0.05) is 18.3 Å². The predicted molar refractivity (Wildman–Crippen MR) is 80.2 cm³/mol. The summed E-state index contributed by atoms with van der Waals surface area (Å²) in [5.74, 6) is 0.00566. The van der Waals surface area contributed by atoms with Crippen molar-refractivity contribution < 1.29 is 9.63 Å². The van der Waals surface area contributed by atoms with E-state index in [0.717, 1.165) is 5.56 Å². The number of hydroxylamine groups is 1. The molecule has 0 atom stereocenters. The summed E-state index contributed by atoms with van der Waals surface area (Å²) in [6.45, 7) is 5.61. The molecule has 0 aromatic carbocycles. The number of carbonyl (C=O) groups excluding carboxylic acids is 1. The van der Waals surface area contributed by atoms with Crippen molar-refractivity contribution in [3.8, 4) is 0 Å². The quantitative estimate of drug-likeness (QED) is 0.815. The number of aromatic nitrogens is 3. The zero-order chi connectivity index (χ0) is 16.1. The first kappa shape index (κ1) is 15.8. The third kappa shape index (κ3) is 3.76. The monoisotopic (exact) mass is 302 g/mol. The Morgan fingerprint density at radius 2 is 2.23 bits per heavy atom. The molecule has 1 amide bonds. The van der Waals surface area contributed by atoms with Crippen molar-refractivity contribution in [1.82, 2.24) is 20.4 Å². The number of nitrogens with one attached hydrogen (secondary N) is 2. The highest BCUT2D eigenvalue weighted by Gasteiger charge is 2.17.